The second-order valence-electron chi connectivity index (χ2n) is 3.48. The van der Waals surface area contributed by atoms with Gasteiger partial charge in [-0.25, -0.2) is 4.39 Å². The molecule has 1 atom stereocenters. The molecule has 1 N–H and O–H groups in total. The van der Waals surface area contributed by atoms with Crippen LogP contribution in [0, 0.1) is 0 Å². The number of nitrogens with one attached hydrogen (secondary N) is 1. The van der Waals surface area contributed by atoms with E-state index in [-0.39, 0.29) is 12.8 Å². The average molecular weight is 211 g/mol. The Morgan fingerprint density at radius 1 is 1.47 bits per heavy atom. The molecule has 0 fully saturated rings. The van der Waals surface area contributed by atoms with Gasteiger partial charge in [0.15, 0.2) is 0 Å². The van der Waals surface area contributed by atoms with Crippen LogP contribution in [0.25, 0.3) is 0 Å². The van der Waals surface area contributed by atoms with Crippen LogP contribution in [0.5, 0.6) is 5.75 Å². The van der Waals surface area contributed by atoms with E-state index in [4.69, 9.17) is 4.74 Å². The normalized spacial score (nSPS) is 12.2. The molecule has 0 saturated carbocycles. The summed E-state index contributed by atoms with van der Waals surface area (Å²) in [6.45, 7) is 4.08. The summed E-state index contributed by atoms with van der Waals surface area (Å²) in [5.74, 6) is 0.827. The SMILES string of the molecule is CCC(C)Oc1cccc(NCCF)c1. The molecule has 84 valence electrons. The number of ether oxygens (including phenoxy) is 1. The van der Waals surface area contributed by atoms with Crippen molar-refractivity contribution in [2.24, 2.45) is 0 Å². The van der Waals surface area contributed by atoms with E-state index in [0.29, 0.717) is 6.54 Å². The minimum atomic E-state index is -0.365. The summed E-state index contributed by atoms with van der Waals surface area (Å²) in [5.41, 5.74) is 0.897. The molecule has 0 aliphatic heterocycles. The molecule has 0 aromatic heterocycles. The molecule has 2 nitrogen and oxygen atoms in total. The van der Waals surface area contributed by atoms with Crippen LogP contribution in [0.15, 0.2) is 24.3 Å². The van der Waals surface area contributed by atoms with Crippen molar-refractivity contribution >= 4 is 5.69 Å². The van der Waals surface area contributed by atoms with E-state index in [1.165, 1.54) is 0 Å². The van der Waals surface area contributed by atoms with E-state index >= 15 is 0 Å². The molecule has 0 amide bonds. The third kappa shape index (κ3) is 4.19. The molecule has 1 unspecified atom stereocenters. The number of halogens is 1. The molecule has 3 heteroatoms. The standard InChI is InChI=1S/C12H18FNO/c1-3-10(2)15-12-6-4-5-11(9-12)14-8-7-13/h4-6,9-10,14H,3,7-8H2,1-2H3. The molecule has 0 heterocycles. The van der Waals surface area contributed by atoms with Gasteiger partial charge in [0.05, 0.1) is 6.10 Å². The van der Waals surface area contributed by atoms with Gasteiger partial charge in [-0.05, 0) is 25.5 Å². The third-order valence-electron chi connectivity index (χ3n) is 2.17. The summed E-state index contributed by atoms with van der Waals surface area (Å²) in [7, 11) is 0. The van der Waals surface area contributed by atoms with Gasteiger partial charge in [0.1, 0.15) is 12.4 Å². The predicted octanol–water partition coefficient (Wildman–Crippen LogP) is 3.25. The Morgan fingerprint density at radius 3 is 2.93 bits per heavy atom. The maximum absolute atomic E-state index is 12.0. The van der Waals surface area contributed by atoms with Crippen molar-refractivity contribution in [1.82, 2.24) is 0 Å². The summed E-state index contributed by atoms with van der Waals surface area (Å²) < 4.78 is 17.6. The number of alkyl halides is 1. The Labute approximate surface area is 90.4 Å². The minimum absolute atomic E-state index is 0.210. The summed E-state index contributed by atoms with van der Waals surface area (Å²) in [6, 6.07) is 7.60. The van der Waals surface area contributed by atoms with Crippen LogP contribution in [-0.4, -0.2) is 19.3 Å². The van der Waals surface area contributed by atoms with Gasteiger partial charge >= 0.3 is 0 Å². The van der Waals surface area contributed by atoms with Crippen molar-refractivity contribution in [1.29, 1.82) is 0 Å². The fourth-order valence-corrected chi connectivity index (χ4v) is 1.19. The topological polar surface area (TPSA) is 21.3 Å². The molecule has 15 heavy (non-hydrogen) atoms. The lowest BCUT2D eigenvalue weighted by molar-refractivity contribution is 0.217. The highest BCUT2D eigenvalue weighted by molar-refractivity contribution is 5.48. The van der Waals surface area contributed by atoms with E-state index in [9.17, 15) is 4.39 Å². The van der Waals surface area contributed by atoms with Gasteiger partial charge < -0.3 is 10.1 Å². The maximum Gasteiger partial charge on any atom is 0.121 e. The number of anilines is 1. The zero-order valence-corrected chi connectivity index (χ0v) is 9.29. The molecule has 1 rings (SSSR count). The molecule has 0 bridgehead atoms. The van der Waals surface area contributed by atoms with Gasteiger partial charge in [0.2, 0.25) is 0 Å². The highest BCUT2D eigenvalue weighted by Crippen LogP contribution is 2.18. The largest absolute Gasteiger partial charge is 0.491 e. The van der Waals surface area contributed by atoms with Gasteiger partial charge in [-0.2, -0.15) is 0 Å². The number of hydrogen-bond acceptors (Lipinski definition) is 2. The lowest BCUT2D eigenvalue weighted by atomic mass is 10.3. The first-order chi connectivity index (χ1) is 7.26. The zero-order chi connectivity index (χ0) is 11.1. The smallest absolute Gasteiger partial charge is 0.121 e. The molecular weight excluding hydrogens is 193 g/mol. The average Bonchev–Trinajstić information content (AvgIpc) is 2.26. The van der Waals surface area contributed by atoms with Crippen LogP contribution in [-0.2, 0) is 0 Å². The molecule has 0 spiro atoms. The first kappa shape index (κ1) is 11.8. The Bertz CT molecular complexity index is 291. The van der Waals surface area contributed by atoms with Gasteiger partial charge in [-0.3, -0.25) is 0 Å². The van der Waals surface area contributed by atoms with E-state index in [2.05, 4.69) is 12.2 Å². The first-order valence-electron chi connectivity index (χ1n) is 5.32. The van der Waals surface area contributed by atoms with Crippen LogP contribution in [0.4, 0.5) is 10.1 Å². The molecule has 0 saturated heterocycles. The van der Waals surface area contributed by atoms with Crippen LogP contribution < -0.4 is 10.1 Å². The van der Waals surface area contributed by atoms with Gasteiger partial charge in [-0.15, -0.1) is 0 Å². The Balaban J connectivity index is 2.57. The van der Waals surface area contributed by atoms with Gasteiger partial charge in [0.25, 0.3) is 0 Å². The van der Waals surface area contributed by atoms with Crippen molar-refractivity contribution in [3.63, 3.8) is 0 Å². The molecular formula is C12H18FNO. The highest BCUT2D eigenvalue weighted by Gasteiger charge is 2.01. The Kier molecular flexibility index (Phi) is 4.95. The van der Waals surface area contributed by atoms with Crippen LogP contribution >= 0.6 is 0 Å². The fourth-order valence-electron chi connectivity index (χ4n) is 1.19. The van der Waals surface area contributed by atoms with Crippen molar-refractivity contribution in [2.45, 2.75) is 26.4 Å². The number of hydrogen-bond donors (Lipinski definition) is 1. The molecule has 1 aromatic rings. The van der Waals surface area contributed by atoms with Gasteiger partial charge in [0, 0.05) is 18.3 Å². The maximum atomic E-state index is 12.0. The summed E-state index contributed by atoms with van der Waals surface area (Å²) in [6.07, 6.45) is 1.18. The van der Waals surface area contributed by atoms with E-state index in [1.807, 2.05) is 31.2 Å². The first-order valence-corrected chi connectivity index (χ1v) is 5.32. The Hall–Kier alpha value is -1.25. The van der Waals surface area contributed by atoms with E-state index in [0.717, 1.165) is 17.9 Å². The van der Waals surface area contributed by atoms with Crippen LogP contribution in [0.1, 0.15) is 20.3 Å². The summed E-state index contributed by atoms with van der Waals surface area (Å²) in [4.78, 5) is 0. The fraction of sp³-hybridized carbons (Fsp3) is 0.500. The number of benzene rings is 1. The Morgan fingerprint density at radius 2 is 2.27 bits per heavy atom. The number of rotatable bonds is 6. The predicted molar refractivity (Wildman–Crippen MR) is 61.3 cm³/mol. The molecule has 0 radical (unpaired) electrons. The van der Waals surface area contributed by atoms with Crippen LogP contribution in [0.2, 0.25) is 0 Å². The van der Waals surface area contributed by atoms with Crippen molar-refractivity contribution in [2.75, 3.05) is 18.5 Å². The quantitative estimate of drug-likeness (QED) is 0.780. The van der Waals surface area contributed by atoms with E-state index in [1.54, 1.807) is 0 Å². The lowest BCUT2D eigenvalue weighted by Gasteiger charge is -2.13. The van der Waals surface area contributed by atoms with Crippen molar-refractivity contribution < 1.29 is 9.13 Å². The molecule has 0 aliphatic carbocycles. The second kappa shape index (κ2) is 6.27. The van der Waals surface area contributed by atoms with E-state index < -0.39 is 0 Å². The molecule has 0 aliphatic rings. The monoisotopic (exact) mass is 211 g/mol. The van der Waals surface area contributed by atoms with Crippen LogP contribution in [0.3, 0.4) is 0 Å². The van der Waals surface area contributed by atoms with Crippen molar-refractivity contribution in [3.8, 4) is 5.75 Å². The zero-order valence-electron chi connectivity index (χ0n) is 9.29. The summed E-state index contributed by atoms with van der Waals surface area (Å²) >= 11 is 0. The molecule has 1 aromatic carbocycles. The minimum Gasteiger partial charge on any atom is -0.491 e. The highest BCUT2D eigenvalue weighted by atomic mass is 19.1. The van der Waals surface area contributed by atoms with Gasteiger partial charge in [-0.1, -0.05) is 13.0 Å². The van der Waals surface area contributed by atoms with Crippen molar-refractivity contribution in [3.05, 3.63) is 24.3 Å². The second-order valence-corrected chi connectivity index (χ2v) is 3.48. The summed E-state index contributed by atoms with van der Waals surface area (Å²) in [5, 5.41) is 2.97. The lowest BCUT2D eigenvalue weighted by Crippen LogP contribution is -2.10. The third-order valence-corrected chi connectivity index (χ3v) is 2.17.